The molecule has 27 heavy (non-hydrogen) atoms. The number of hydrogen-bond acceptors (Lipinski definition) is 4. The first-order valence-electron chi connectivity index (χ1n) is 8.78. The van der Waals surface area contributed by atoms with Gasteiger partial charge in [-0.1, -0.05) is 6.07 Å². The summed E-state index contributed by atoms with van der Waals surface area (Å²) in [5.74, 6) is -0.343. The zero-order chi connectivity index (χ0) is 18.8. The molecule has 7 heteroatoms. The van der Waals surface area contributed by atoms with Crippen molar-refractivity contribution in [1.82, 2.24) is 20.1 Å². The molecule has 2 aromatic carbocycles. The maximum atomic E-state index is 12.6. The Bertz CT molecular complexity index is 993. The van der Waals surface area contributed by atoms with Crippen LogP contribution in [0.1, 0.15) is 39.1 Å². The topological polar surface area (TPSA) is 88.9 Å². The number of nitrogens with one attached hydrogen (secondary N) is 2. The van der Waals surface area contributed by atoms with Crippen molar-refractivity contribution < 1.29 is 9.59 Å². The van der Waals surface area contributed by atoms with Crippen molar-refractivity contribution in [2.75, 3.05) is 5.32 Å². The molecule has 3 aromatic rings. The Morgan fingerprint density at radius 2 is 1.89 bits per heavy atom. The highest BCUT2D eigenvalue weighted by atomic mass is 16.2. The summed E-state index contributed by atoms with van der Waals surface area (Å²) < 4.78 is 1.65. The molecular formula is C20H19N5O2. The lowest BCUT2D eigenvalue weighted by Crippen LogP contribution is -2.25. The van der Waals surface area contributed by atoms with Gasteiger partial charge in [-0.25, -0.2) is 9.67 Å². The van der Waals surface area contributed by atoms with Crippen molar-refractivity contribution in [3.63, 3.8) is 0 Å². The lowest BCUT2D eigenvalue weighted by molar-refractivity contribution is 0.0949. The van der Waals surface area contributed by atoms with E-state index in [1.807, 2.05) is 13.0 Å². The number of carbonyl (C=O) groups is 2. The molecule has 0 atom stereocenters. The first-order valence-corrected chi connectivity index (χ1v) is 8.78. The first-order chi connectivity index (χ1) is 13.1. The fourth-order valence-corrected chi connectivity index (χ4v) is 2.82. The van der Waals surface area contributed by atoms with Gasteiger partial charge in [0, 0.05) is 22.9 Å². The Hall–Kier alpha value is -3.48. The van der Waals surface area contributed by atoms with Crippen molar-refractivity contribution in [3.05, 3.63) is 71.8 Å². The lowest BCUT2D eigenvalue weighted by Gasteiger charge is -2.10. The minimum atomic E-state index is -0.233. The zero-order valence-electron chi connectivity index (χ0n) is 14.8. The van der Waals surface area contributed by atoms with E-state index in [9.17, 15) is 9.59 Å². The van der Waals surface area contributed by atoms with E-state index >= 15 is 0 Å². The molecule has 1 aliphatic carbocycles. The summed E-state index contributed by atoms with van der Waals surface area (Å²) >= 11 is 0. The van der Waals surface area contributed by atoms with E-state index in [4.69, 9.17) is 0 Å². The molecule has 0 aliphatic heterocycles. The average Bonchev–Trinajstić information content (AvgIpc) is 3.31. The number of nitrogens with zero attached hydrogens (tertiary/aromatic N) is 3. The SMILES string of the molecule is Cc1cc(C(=O)Nc2cccc(C(=O)NC3CC3)c2)ccc1-n1cncn1. The van der Waals surface area contributed by atoms with Gasteiger partial charge in [-0.3, -0.25) is 9.59 Å². The minimum Gasteiger partial charge on any atom is -0.349 e. The fourth-order valence-electron chi connectivity index (χ4n) is 2.82. The van der Waals surface area contributed by atoms with Crippen LogP contribution in [0.15, 0.2) is 55.1 Å². The van der Waals surface area contributed by atoms with E-state index in [1.165, 1.54) is 6.33 Å². The van der Waals surface area contributed by atoms with E-state index in [-0.39, 0.29) is 11.8 Å². The molecule has 1 heterocycles. The summed E-state index contributed by atoms with van der Waals surface area (Å²) in [6.45, 7) is 1.91. The third-order valence-electron chi connectivity index (χ3n) is 4.42. The normalized spacial score (nSPS) is 13.2. The van der Waals surface area contributed by atoms with E-state index in [2.05, 4.69) is 20.7 Å². The monoisotopic (exact) mass is 361 g/mol. The van der Waals surface area contributed by atoms with Crippen molar-refractivity contribution >= 4 is 17.5 Å². The Morgan fingerprint density at radius 1 is 1.07 bits per heavy atom. The highest BCUT2D eigenvalue weighted by Gasteiger charge is 2.23. The predicted octanol–water partition coefficient (Wildman–Crippen LogP) is 2.72. The molecule has 136 valence electrons. The molecule has 4 rings (SSSR count). The molecule has 1 saturated carbocycles. The summed E-state index contributed by atoms with van der Waals surface area (Å²) in [6.07, 6.45) is 5.14. The number of rotatable bonds is 5. The van der Waals surface area contributed by atoms with E-state index in [0.717, 1.165) is 24.1 Å². The molecule has 1 aromatic heterocycles. The van der Waals surface area contributed by atoms with Gasteiger partial charge in [0.05, 0.1) is 5.69 Å². The molecule has 2 N–H and O–H groups in total. The van der Waals surface area contributed by atoms with Crippen LogP contribution in [0.4, 0.5) is 5.69 Å². The van der Waals surface area contributed by atoms with Gasteiger partial charge in [-0.15, -0.1) is 0 Å². The first kappa shape index (κ1) is 17.0. The summed E-state index contributed by atoms with van der Waals surface area (Å²) in [6, 6.07) is 12.6. The second kappa shape index (κ2) is 7.03. The second-order valence-corrected chi connectivity index (χ2v) is 6.62. The van der Waals surface area contributed by atoms with E-state index in [1.54, 1.807) is 47.4 Å². The largest absolute Gasteiger partial charge is 0.349 e. The zero-order valence-corrected chi connectivity index (χ0v) is 14.8. The van der Waals surface area contributed by atoms with Crippen LogP contribution in [0.25, 0.3) is 5.69 Å². The van der Waals surface area contributed by atoms with Crippen LogP contribution in [0.3, 0.4) is 0 Å². The van der Waals surface area contributed by atoms with Crippen molar-refractivity contribution in [3.8, 4) is 5.69 Å². The van der Waals surface area contributed by atoms with Crippen LogP contribution < -0.4 is 10.6 Å². The van der Waals surface area contributed by atoms with E-state index in [0.29, 0.717) is 22.9 Å². The summed E-state index contributed by atoms with van der Waals surface area (Å²) in [5.41, 5.74) is 3.43. The number of amides is 2. The molecule has 1 aliphatic rings. The van der Waals surface area contributed by atoms with Crippen molar-refractivity contribution in [2.45, 2.75) is 25.8 Å². The quantitative estimate of drug-likeness (QED) is 0.731. The van der Waals surface area contributed by atoms with Gasteiger partial charge >= 0.3 is 0 Å². The molecule has 2 amide bonds. The van der Waals surface area contributed by atoms with Gasteiger partial charge in [-0.2, -0.15) is 5.10 Å². The average molecular weight is 361 g/mol. The van der Waals surface area contributed by atoms with Gasteiger partial charge in [0.2, 0.25) is 0 Å². The predicted molar refractivity (Wildman–Crippen MR) is 101 cm³/mol. The molecule has 0 radical (unpaired) electrons. The Balaban J connectivity index is 1.49. The maximum absolute atomic E-state index is 12.6. The minimum absolute atomic E-state index is 0.110. The Morgan fingerprint density at radius 3 is 2.59 bits per heavy atom. The standard InChI is InChI=1S/C20H19N5O2/c1-13-9-15(5-8-18(13)25-12-21-11-22-25)20(27)24-17-4-2-3-14(10-17)19(26)23-16-6-7-16/h2-5,8-12,16H,6-7H2,1H3,(H,23,26)(H,24,27). The van der Waals surface area contributed by atoms with Gasteiger partial charge in [0.1, 0.15) is 12.7 Å². The van der Waals surface area contributed by atoms with E-state index < -0.39 is 0 Å². The van der Waals surface area contributed by atoms with Gasteiger partial charge < -0.3 is 10.6 Å². The maximum Gasteiger partial charge on any atom is 0.255 e. The van der Waals surface area contributed by atoms with Crippen LogP contribution in [0.5, 0.6) is 0 Å². The highest BCUT2D eigenvalue weighted by Crippen LogP contribution is 2.20. The van der Waals surface area contributed by atoms with Crippen molar-refractivity contribution in [2.24, 2.45) is 0 Å². The number of benzene rings is 2. The van der Waals surface area contributed by atoms with Crippen LogP contribution in [-0.4, -0.2) is 32.6 Å². The molecule has 7 nitrogen and oxygen atoms in total. The lowest BCUT2D eigenvalue weighted by atomic mass is 10.1. The molecule has 1 fully saturated rings. The van der Waals surface area contributed by atoms with Crippen LogP contribution >= 0.6 is 0 Å². The fraction of sp³-hybridized carbons (Fsp3) is 0.200. The number of anilines is 1. The summed E-state index contributed by atoms with van der Waals surface area (Å²) in [7, 11) is 0. The molecule has 0 unspecified atom stereocenters. The third kappa shape index (κ3) is 3.87. The highest BCUT2D eigenvalue weighted by molar-refractivity contribution is 6.05. The number of hydrogen-bond donors (Lipinski definition) is 2. The van der Waals surface area contributed by atoms with Gasteiger partial charge in [-0.05, 0) is 61.7 Å². The summed E-state index contributed by atoms with van der Waals surface area (Å²) in [4.78, 5) is 28.7. The third-order valence-corrected chi connectivity index (χ3v) is 4.42. The Kier molecular flexibility index (Phi) is 4.42. The van der Waals surface area contributed by atoms with Gasteiger partial charge in [0.25, 0.3) is 11.8 Å². The van der Waals surface area contributed by atoms with Crippen molar-refractivity contribution in [1.29, 1.82) is 0 Å². The molecule has 0 bridgehead atoms. The Labute approximate surface area is 156 Å². The van der Waals surface area contributed by atoms with Crippen LogP contribution in [0.2, 0.25) is 0 Å². The second-order valence-electron chi connectivity index (χ2n) is 6.62. The van der Waals surface area contributed by atoms with Crippen LogP contribution in [-0.2, 0) is 0 Å². The molecule has 0 spiro atoms. The molecular weight excluding hydrogens is 342 g/mol. The van der Waals surface area contributed by atoms with Crippen LogP contribution in [0, 0.1) is 6.92 Å². The number of carbonyl (C=O) groups excluding carboxylic acids is 2. The number of aromatic nitrogens is 3. The van der Waals surface area contributed by atoms with Gasteiger partial charge in [0.15, 0.2) is 0 Å². The summed E-state index contributed by atoms with van der Waals surface area (Å²) in [5, 5.41) is 9.90. The molecule has 0 saturated heterocycles. The number of aryl methyl sites for hydroxylation is 1. The smallest absolute Gasteiger partial charge is 0.255 e.